The number of nitrogens with zero attached hydrogens (tertiary/aromatic N) is 2. The van der Waals surface area contributed by atoms with Crippen LogP contribution >= 0.6 is 11.6 Å². The van der Waals surface area contributed by atoms with Crippen molar-refractivity contribution in [1.29, 1.82) is 0 Å². The number of hydrogen-bond acceptors (Lipinski definition) is 3. The Bertz CT molecular complexity index is 419. The molecule has 1 fully saturated rings. The van der Waals surface area contributed by atoms with Gasteiger partial charge in [-0.3, -0.25) is 4.68 Å². The summed E-state index contributed by atoms with van der Waals surface area (Å²) in [5.74, 6) is 0.418. The van der Waals surface area contributed by atoms with Crippen LogP contribution in [0.5, 0.6) is 0 Å². The molecular weight excluding hydrogens is 250 g/mol. The van der Waals surface area contributed by atoms with Gasteiger partial charge in [-0.25, -0.2) is 0 Å². The highest BCUT2D eigenvalue weighted by Gasteiger charge is 2.31. The first-order valence-electron chi connectivity index (χ1n) is 6.62. The topological polar surface area (TPSA) is 53.1 Å². The molecule has 0 aromatic carbocycles. The molecule has 0 spiro atoms. The Morgan fingerprint density at radius 1 is 1.61 bits per heavy atom. The molecule has 0 saturated carbocycles. The molecule has 4 nitrogen and oxygen atoms in total. The lowest BCUT2D eigenvalue weighted by Gasteiger charge is -2.22. The molecule has 0 radical (unpaired) electrons. The molecular formula is C13H22ClN3O. The maximum Gasteiger partial charge on any atom is 0.0850 e. The van der Waals surface area contributed by atoms with Crippen LogP contribution in [0, 0.1) is 5.92 Å². The second kappa shape index (κ2) is 5.59. The lowest BCUT2D eigenvalue weighted by atomic mass is 9.91. The van der Waals surface area contributed by atoms with Gasteiger partial charge in [-0.1, -0.05) is 18.5 Å². The molecule has 3 atom stereocenters. The van der Waals surface area contributed by atoms with Crippen molar-refractivity contribution in [2.75, 3.05) is 6.61 Å². The van der Waals surface area contributed by atoms with E-state index in [1.165, 1.54) is 0 Å². The summed E-state index contributed by atoms with van der Waals surface area (Å²) >= 11 is 6.35. The molecule has 1 aliphatic heterocycles. The maximum atomic E-state index is 6.35. The molecule has 3 unspecified atom stereocenters. The largest absolute Gasteiger partial charge is 0.378 e. The summed E-state index contributed by atoms with van der Waals surface area (Å²) in [6.07, 6.45) is 2.90. The molecule has 2 rings (SSSR count). The van der Waals surface area contributed by atoms with E-state index in [-0.39, 0.29) is 12.1 Å². The molecule has 5 heteroatoms. The summed E-state index contributed by atoms with van der Waals surface area (Å²) < 4.78 is 7.44. The third-order valence-corrected chi connectivity index (χ3v) is 4.35. The van der Waals surface area contributed by atoms with Crippen molar-refractivity contribution >= 4 is 11.6 Å². The molecule has 2 heterocycles. The van der Waals surface area contributed by atoms with Gasteiger partial charge in [-0.15, -0.1) is 0 Å². The van der Waals surface area contributed by atoms with Crippen LogP contribution in [-0.4, -0.2) is 28.5 Å². The van der Waals surface area contributed by atoms with Crippen LogP contribution in [0.3, 0.4) is 0 Å². The molecule has 102 valence electrons. The van der Waals surface area contributed by atoms with Gasteiger partial charge in [0.05, 0.1) is 22.5 Å². The van der Waals surface area contributed by atoms with Crippen molar-refractivity contribution in [2.45, 2.75) is 45.3 Å². The minimum atomic E-state index is 0.0834. The molecule has 0 bridgehead atoms. The normalized spacial score (nSPS) is 25.6. The molecule has 18 heavy (non-hydrogen) atoms. The maximum absolute atomic E-state index is 6.35. The molecule has 1 aromatic rings. The second-order valence-corrected chi connectivity index (χ2v) is 5.46. The number of nitrogens with two attached hydrogens (primary N) is 1. The third kappa shape index (κ3) is 2.56. The Hall–Kier alpha value is -0.580. The molecule has 0 amide bonds. The van der Waals surface area contributed by atoms with Crippen molar-refractivity contribution in [2.24, 2.45) is 18.7 Å². The van der Waals surface area contributed by atoms with E-state index >= 15 is 0 Å². The Morgan fingerprint density at radius 3 is 2.83 bits per heavy atom. The Balaban J connectivity index is 2.11. The molecule has 0 aliphatic carbocycles. The summed E-state index contributed by atoms with van der Waals surface area (Å²) in [6.45, 7) is 4.98. The molecule has 2 N–H and O–H groups in total. The van der Waals surface area contributed by atoms with Crippen molar-refractivity contribution in [3.05, 3.63) is 16.4 Å². The summed E-state index contributed by atoms with van der Waals surface area (Å²) in [5.41, 5.74) is 8.31. The summed E-state index contributed by atoms with van der Waals surface area (Å²) in [4.78, 5) is 0. The van der Waals surface area contributed by atoms with Gasteiger partial charge in [0.25, 0.3) is 0 Å². The smallest absolute Gasteiger partial charge is 0.0850 e. The van der Waals surface area contributed by atoms with E-state index in [0.717, 1.165) is 42.3 Å². The number of hydrogen-bond donors (Lipinski definition) is 1. The van der Waals surface area contributed by atoms with Crippen LogP contribution < -0.4 is 5.73 Å². The van der Waals surface area contributed by atoms with Gasteiger partial charge in [-0.05, 0) is 19.8 Å². The average molecular weight is 272 g/mol. The van der Waals surface area contributed by atoms with Crippen molar-refractivity contribution < 1.29 is 4.74 Å². The van der Waals surface area contributed by atoms with Gasteiger partial charge in [-0.2, -0.15) is 5.10 Å². The van der Waals surface area contributed by atoms with Crippen LogP contribution in [0.25, 0.3) is 0 Å². The monoisotopic (exact) mass is 271 g/mol. The fraction of sp³-hybridized carbons (Fsp3) is 0.769. The van der Waals surface area contributed by atoms with Gasteiger partial charge in [0.15, 0.2) is 0 Å². The molecule has 1 saturated heterocycles. The van der Waals surface area contributed by atoms with Crippen molar-refractivity contribution in [1.82, 2.24) is 9.78 Å². The van der Waals surface area contributed by atoms with E-state index in [1.54, 1.807) is 0 Å². The van der Waals surface area contributed by atoms with Crippen LogP contribution in [0.2, 0.25) is 5.02 Å². The summed E-state index contributed by atoms with van der Waals surface area (Å²) in [5, 5.41) is 5.20. The summed E-state index contributed by atoms with van der Waals surface area (Å²) in [6, 6.07) is 0.0834. The van der Waals surface area contributed by atoms with Gasteiger partial charge >= 0.3 is 0 Å². The van der Waals surface area contributed by atoms with E-state index in [1.807, 2.05) is 11.7 Å². The van der Waals surface area contributed by atoms with E-state index < -0.39 is 0 Å². The first kappa shape index (κ1) is 13.8. The Morgan fingerprint density at radius 2 is 2.33 bits per heavy atom. The predicted molar refractivity (Wildman–Crippen MR) is 72.8 cm³/mol. The minimum Gasteiger partial charge on any atom is -0.378 e. The third-order valence-electron chi connectivity index (χ3n) is 3.92. The quantitative estimate of drug-likeness (QED) is 0.910. The SMILES string of the molecule is CCc1nn(C)c(CC(N)C2CCOC2C)c1Cl. The highest BCUT2D eigenvalue weighted by Crippen LogP contribution is 2.27. The summed E-state index contributed by atoms with van der Waals surface area (Å²) in [7, 11) is 1.93. The zero-order valence-corrected chi connectivity index (χ0v) is 12.1. The van der Waals surface area contributed by atoms with E-state index in [4.69, 9.17) is 22.1 Å². The molecule has 1 aliphatic rings. The number of ether oxygens (including phenoxy) is 1. The van der Waals surface area contributed by atoms with Crippen LogP contribution in [0.4, 0.5) is 0 Å². The zero-order valence-electron chi connectivity index (χ0n) is 11.3. The van der Waals surface area contributed by atoms with Crippen molar-refractivity contribution in [3.8, 4) is 0 Å². The number of rotatable bonds is 4. The fourth-order valence-electron chi connectivity index (χ4n) is 2.73. The minimum absolute atomic E-state index is 0.0834. The van der Waals surface area contributed by atoms with Crippen LogP contribution in [-0.2, 0) is 24.6 Å². The molecule has 1 aromatic heterocycles. The Labute approximate surface area is 113 Å². The zero-order chi connectivity index (χ0) is 13.3. The fourth-order valence-corrected chi connectivity index (χ4v) is 3.10. The van der Waals surface area contributed by atoms with Gasteiger partial charge < -0.3 is 10.5 Å². The van der Waals surface area contributed by atoms with Crippen LogP contribution in [0.1, 0.15) is 31.7 Å². The number of aryl methyl sites for hydroxylation is 2. The predicted octanol–water partition coefficient (Wildman–Crippen LogP) is 1.93. The lowest BCUT2D eigenvalue weighted by molar-refractivity contribution is 0.0993. The highest BCUT2D eigenvalue weighted by molar-refractivity contribution is 6.31. The van der Waals surface area contributed by atoms with Gasteiger partial charge in [0.1, 0.15) is 0 Å². The average Bonchev–Trinajstić information content (AvgIpc) is 2.87. The van der Waals surface area contributed by atoms with E-state index in [2.05, 4.69) is 18.9 Å². The second-order valence-electron chi connectivity index (χ2n) is 5.08. The highest BCUT2D eigenvalue weighted by atomic mass is 35.5. The van der Waals surface area contributed by atoms with Gasteiger partial charge in [0.2, 0.25) is 0 Å². The standard InChI is InChI=1S/C13H22ClN3O/c1-4-11-13(14)12(17(3)16-11)7-10(15)9-5-6-18-8(9)2/h8-10H,4-7,15H2,1-3H3. The lowest BCUT2D eigenvalue weighted by Crippen LogP contribution is -2.36. The van der Waals surface area contributed by atoms with E-state index in [0.29, 0.717) is 5.92 Å². The van der Waals surface area contributed by atoms with E-state index in [9.17, 15) is 0 Å². The first-order chi connectivity index (χ1) is 8.54. The van der Waals surface area contributed by atoms with Gasteiger partial charge in [0, 0.05) is 32.0 Å². The first-order valence-corrected chi connectivity index (χ1v) is 6.99. The Kier molecular flexibility index (Phi) is 4.30. The van der Waals surface area contributed by atoms with Crippen molar-refractivity contribution in [3.63, 3.8) is 0 Å². The number of aromatic nitrogens is 2. The number of halogens is 1. The van der Waals surface area contributed by atoms with Crippen LogP contribution in [0.15, 0.2) is 0 Å².